The summed E-state index contributed by atoms with van der Waals surface area (Å²) in [4.78, 5) is 2.88. The van der Waals surface area contributed by atoms with E-state index in [9.17, 15) is 0 Å². The normalized spacial score (nSPS) is 15.6. The molecule has 1 saturated carbocycles. The summed E-state index contributed by atoms with van der Waals surface area (Å²) in [5, 5.41) is 8.50. The number of hydrogen-bond donors (Lipinski definition) is 0. The molecule has 1 aliphatic carbocycles. The van der Waals surface area contributed by atoms with Crippen LogP contribution in [0.1, 0.15) is 74.1 Å². The molecule has 0 saturated heterocycles. The maximum absolute atomic E-state index is 2.54. The van der Waals surface area contributed by atoms with Gasteiger partial charge in [0.2, 0.25) is 5.69 Å². The van der Waals surface area contributed by atoms with E-state index < -0.39 is 0 Å². The van der Waals surface area contributed by atoms with Gasteiger partial charge in [-0.2, -0.15) is 0 Å². The van der Waals surface area contributed by atoms with E-state index in [2.05, 4.69) is 94.0 Å². The highest BCUT2D eigenvalue weighted by Crippen LogP contribution is 2.53. The van der Waals surface area contributed by atoms with Gasteiger partial charge >= 0.3 is 0 Å². The number of hydrogen-bond acceptors (Lipinski definition) is 1. The van der Waals surface area contributed by atoms with E-state index in [1.807, 2.05) is 11.8 Å². The van der Waals surface area contributed by atoms with Crippen molar-refractivity contribution in [2.75, 3.05) is 0 Å². The molecule has 0 bridgehead atoms. The predicted octanol–water partition coefficient (Wildman–Crippen LogP) is 9.97. The van der Waals surface area contributed by atoms with E-state index in [1.165, 1.54) is 102 Å². The Kier molecular flexibility index (Phi) is 5.82. The second kappa shape index (κ2) is 9.12. The predicted molar refractivity (Wildman–Crippen MR) is 164 cm³/mol. The highest BCUT2D eigenvalue weighted by Gasteiger charge is 2.32. The SMILES string of the molecule is Cc1ccc2c(CC(C)C)c3c(c(C)c2c1)-c1c2c(cc4ccc(C5CCCCC5)cc4c2cc[n+]1C)S3. The average molecular weight is 517 g/mol. The van der Waals surface area contributed by atoms with Crippen LogP contribution in [-0.2, 0) is 13.5 Å². The van der Waals surface area contributed by atoms with E-state index in [1.54, 1.807) is 5.56 Å². The monoisotopic (exact) mass is 516 g/mol. The number of pyridine rings is 1. The van der Waals surface area contributed by atoms with Crippen LogP contribution in [0.15, 0.2) is 64.5 Å². The third-order valence-electron chi connectivity index (χ3n) is 9.14. The first kappa shape index (κ1) is 24.2. The Morgan fingerprint density at radius 2 is 1.68 bits per heavy atom. The molecule has 38 heavy (non-hydrogen) atoms. The Morgan fingerprint density at radius 3 is 2.47 bits per heavy atom. The molecule has 0 N–H and O–H groups in total. The summed E-state index contributed by atoms with van der Waals surface area (Å²) in [6.07, 6.45) is 10.2. The standard InChI is InChI=1S/C36H38NS/c1-21(2)17-31-27-14-11-22(3)18-29(27)23(4)33-35-34-28(15-16-37(35)5)30-19-25(24-9-7-6-8-10-24)12-13-26(30)20-32(34)38-36(31)33/h11-16,18-21,24H,6-10,17H2,1-5H3/q+1. The summed E-state index contributed by atoms with van der Waals surface area (Å²) >= 11 is 2.02. The number of aryl methyl sites for hydroxylation is 3. The molecule has 5 aromatic rings. The van der Waals surface area contributed by atoms with Crippen LogP contribution in [0.4, 0.5) is 0 Å². The lowest BCUT2D eigenvalue weighted by Gasteiger charge is -2.26. The minimum Gasteiger partial charge on any atom is -0.200 e. The number of rotatable bonds is 3. The lowest BCUT2D eigenvalue weighted by atomic mass is 9.83. The summed E-state index contributed by atoms with van der Waals surface area (Å²) in [5.74, 6) is 1.33. The van der Waals surface area contributed by atoms with Crippen LogP contribution in [0.2, 0.25) is 0 Å². The maximum atomic E-state index is 2.54. The number of fused-ring (bicyclic) bond motifs is 5. The quantitative estimate of drug-likeness (QED) is 0.167. The Labute approximate surface area is 231 Å². The van der Waals surface area contributed by atoms with Crippen LogP contribution in [0, 0.1) is 19.8 Å². The largest absolute Gasteiger partial charge is 0.222 e. The van der Waals surface area contributed by atoms with Crippen molar-refractivity contribution in [3.63, 3.8) is 0 Å². The van der Waals surface area contributed by atoms with Gasteiger partial charge in [-0.15, -0.1) is 0 Å². The van der Waals surface area contributed by atoms with Crippen LogP contribution in [0.3, 0.4) is 0 Å². The Bertz CT molecular complexity index is 1750. The van der Waals surface area contributed by atoms with Crippen molar-refractivity contribution in [3.05, 3.63) is 77.0 Å². The molecule has 0 atom stereocenters. The number of benzene rings is 4. The van der Waals surface area contributed by atoms with Crippen molar-refractivity contribution in [1.82, 2.24) is 0 Å². The molecule has 1 aliphatic heterocycles. The second-order valence-electron chi connectivity index (χ2n) is 12.3. The molecule has 0 amide bonds. The molecule has 2 heteroatoms. The van der Waals surface area contributed by atoms with Gasteiger partial charge in [0.25, 0.3) is 0 Å². The summed E-state index contributed by atoms with van der Waals surface area (Å²) in [7, 11) is 2.24. The third kappa shape index (κ3) is 3.71. The van der Waals surface area contributed by atoms with Gasteiger partial charge in [-0.05, 0) is 89.2 Å². The maximum Gasteiger partial charge on any atom is 0.222 e. The second-order valence-corrected chi connectivity index (χ2v) is 13.4. The zero-order valence-corrected chi connectivity index (χ0v) is 24.3. The molecule has 192 valence electrons. The van der Waals surface area contributed by atoms with Crippen molar-refractivity contribution < 1.29 is 4.57 Å². The third-order valence-corrected chi connectivity index (χ3v) is 10.3. The van der Waals surface area contributed by atoms with Crippen molar-refractivity contribution in [2.45, 2.75) is 81.9 Å². The van der Waals surface area contributed by atoms with Gasteiger partial charge in [0, 0.05) is 21.2 Å². The first-order chi connectivity index (χ1) is 18.4. The van der Waals surface area contributed by atoms with E-state index in [0.29, 0.717) is 5.92 Å². The van der Waals surface area contributed by atoms with Gasteiger partial charge in [0.05, 0.1) is 10.9 Å². The van der Waals surface area contributed by atoms with Crippen LogP contribution < -0.4 is 4.57 Å². The van der Waals surface area contributed by atoms with Crippen molar-refractivity contribution in [1.29, 1.82) is 0 Å². The molecule has 4 aromatic carbocycles. The fourth-order valence-electron chi connectivity index (χ4n) is 7.27. The fraction of sp³-hybridized carbons (Fsp3) is 0.361. The van der Waals surface area contributed by atoms with E-state index in [0.717, 1.165) is 12.3 Å². The van der Waals surface area contributed by atoms with E-state index in [4.69, 9.17) is 0 Å². The lowest BCUT2D eigenvalue weighted by Crippen LogP contribution is -2.32. The molecule has 1 nitrogen and oxygen atoms in total. The molecule has 0 spiro atoms. The molecule has 7 rings (SSSR count). The topological polar surface area (TPSA) is 3.88 Å². The molecular formula is C36H38NS+. The lowest BCUT2D eigenvalue weighted by molar-refractivity contribution is -0.659. The van der Waals surface area contributed by atoms with Gasteiger partial charge < -0.3 is 0 Å². The summed E-state index contributed by atoms with van der Waals surface area (Å²) in [6, 6.07) is 19.3. The van der Waals surface area contributed by atoms with Crippen molar-refractivity contribution >= 4 is 44.1 Å². The zero-order chi connectivity index (χ0) is 26.1. The Hall–Kier alpha value is -2.84. The first-order valence-electron chi connectivity index (χ1n) is 14.5. The number of aromatic nitrogens is 1. The first-order valence-corrected chi connectivity index (χ1v) is 15.4. The van der Waals surface area contributed by atoms with Gasteiger partial charge in [-0.3, -0.25) is 0 Å². The molecule has 0 unspecified atom stereocenters. The van der Waals surface area contributed by atoms with E-state index in [-0.39, 0.29) is 0 Å². The molecule has 2 aliphatic rings. The minimum atomic E-state index is 0.604. The summed E-state index contributed by atoms with van der Waals surface area (Å²) in [5.41, 5.74) is 8.67. The Balaban J connectivity index is 1.56. The van der Waals surface area contributed by atoms with Crippen molar-refractivity contribution in [2.24, 2.45) is 13.0 Å². The van der Waals surface area contributed by atoms with Crippen LogP contribution in [0.25, 0.3) is 43.6 Å². The molecule has 0 radical (unpaired) electrons. The van der Waals surface area contributed by atoms with Crippen LogP contribution in [-0.4, -0.2) is 0 Å². The number of nitrogens with zero attached hydrogens (tertiary/aromatic N) is 1. The smallest absolute Gasteiger partial charge is 0.200 e. The van der Waals surface area contributed by atoms with Gasteiger partial charge in [-0.25, -0.2) is 4.57 Å². The van der Waals surface area contributed by atoms with Gasteiger partial charge in [-0.1, -0.05) is 86.8 Å². The molecule has 1 aromatic heterocycles. The fourth-order valence-corrected chi connectivity index (χ4v) is 8.65. The van der Waals surface area contributed by atoms with Crippen molar-refractivity contribution in [3.8, 4) is 11.3 Å². The summed E-state index contributed by atoms with van der Waals surface area (Å²) < 4.78 is 2.38. The average Bonchev–Trinajstić information content (AvgIpc) is 2.92. The highest BCUT2D eigenvalue weighted by molar-refractivity contribution is 8.00. The van der Waals surface area contributed by atoms with Gasteiger partial charge in [0.1, 0.15) is 7.05 Å². The molecule has 2 heterocycles. The summed E-state index contributed by atoms with van der Waals surface area (Å²) in [6.45, 7) is 9.28. The minimum absolute atomic E-state index is 0.604. The molecular weight excluding hydrogens is 478 g/mol. The van der Waals surface area contributed by atoms with E-state index >= 15 is 0 Å². The molecule has 1 fully saturated rings. The van der Waals surface area contributed by atoms with Crippen LogP contribution in [0.5, 0.6) is 0 Å². The van der Waals surface area contributed by atoms with Gasteiger partial charge in [0.15, 0.2) is 6.20 Å². The Morgan fingerprint density at radius 1 is 0.868 bits per heavy atom. The zero-order valence-electron chi connectivity index (χ0n) is 23.4. The van der Waals surface area contributed by atoms with Crippen LogP contribution >= 0.6 is 11.8 Å². The highest BCUT2D eigenvalue weighted by atomic mass is 32.2.